The molecule has 108 valence electrons. The molecule has 21 heavy (non-hydrogen) atoms. The van der Waals surface area contributed by atoms with Crippen LogP contribution in [-0.2, 0) is 4.74 Å². The average Bonchev–Trinajstić information content (AvgIpc) is 3.16. The monoisotopic (exact) mass is 285 g/mol. The lowest BCUT2D eigenvalue weighted by atomic mass is 10.3. The number of fused-ring (bicyclic) bond motifs is 1. The number of hydrogen-bond acceptors (Lipinski definition) is 6. The Morgan fingerprint density at radius 2 is 2.10 bits per heavy atom. The zero-order chi connectivity index (χ0) is 14.2. The van der Waals surface area contributed by atoms with Crippen LogP contribution >= 0.6 is 0 Å². The van der Waals surface area contributed by atoms with Gasteiger partial charge in [0, 0.05) is 25.4 Å². The Hall–Kier alpha value is -2.41. The highest BCUT2D eigenvalue weighted by molar-refractivity contribution is 5.87. The fourth-order valence-electron chi connectivity index (χ4n) is 2.54. The van der Waals surface area contributed by atoms with Crippen LogP contribution in [0.1, 0.15) is 5.82 Å². The molecule has 0 amide bonds. The summed E-state index contributed by atoms with van der Waals surface area (Å²) in [5, 5.41) is 6.85. The van der Waals surface area contributed by atoms with Crippen molar-refractivity contribution in [3.8, 4) is 11.5 Å². The first-order valence-electron chi connectivity index (χ1n) is 6.92. The van der Waals surface area contributed by atoms with Gasteiger partial charge in [-0.15, -0.1) is 0 Å². The number of rotatable bonds is 2. The molecule has 0 aliphatic carbocycles. The van der Waals surface area contributed by atoms with Crippen LogP contribution in [0, 0.1) is 6.92 Å². The van der Waals surface area contributed by atoms with E-state index >= 15 is 0 Å². The molecule has 0 radical (unpaired) electrons. The molecule has 7 heteroatoms. The first-order valence-corrected chi connectivity index (χ1v) is 6.92. The van der Waals surface area contributed by atoms with E-state index in [-0.39, 0.29) is 0 Å². The number of morpholine rings is 1. The van der Waals surface area contributed by atoms with E-state index in [1.165, 1.54) is 0 Å². The molecule has 4 rings (SSSR count). The number of nitrogens with one attached hydrogen (secondary N) is 1. The van der Waals surface area contributed by atoms with Crippen LogP contribution in [0.3, 0.4) is 0 Å². The minimum absolute atomic E-state index is 0.707. The second kappa shape index (κ2) is 4.85. The maximum absolute atomic E-state index is 5.97. The van der Waals surface area contributed by atoms with Gasteiger partial charge in [-0.2, -0.15) is 5.10 Å². The lowest BCUT2D eigenvalue weighted by Gasteiger charge is -2.27. The van der Waals surface area contributed by atoms with Gasteiger partial charge < -0.3 is 14.1 Å². The summed E-state index contributed by atoms with van der Waals surface area (Å²) in [5.41, 5.74) is 2.36. The van der Waals surface area contributed by atoms with E-state index in [1.807, 2.05) is 19.1 Å². The van der Waals surface area contributed by atoms with E-state index in [0.29, 0.717) is 18.8 Å². The summed E-state index contributed by atoms with van der Waals surface area (Å²) in [6, 6.07) is 3.79. The first-order chi connectivity index (χ1) is 10.3. The summed E-state index contributed by atoms with van der Waals surface area (Å²) < 4.78 is 11.4. The van der Waals surface area contributed by atoms with Crippen molar-refractivity contribution in [2.75, 3.05) is 31.2 Å². The number of hydrogen-bond donors (Lipinski definition) is 1. The molecule has 3 aromatic rings. The summed E-state index contributed by atoms with van der Waals surface area (Å²) in [6.07, 6.45) is 1.70. The van der Waals surface area contributed by atoms with Gasteiger partial charge in [0.1, 0.15) is 17.0 Å². The average molecular weight is 285 g/mol. The molecule has 0 aromatic carbocycles. The van der Waals surface area contributed by atoms with Crippen molar-refractivity contribution < 1.29 is 9.15 Å². The van der Waals surface area contributed by atoms with Gasteiger partial charge in [-0.1, -0.05) is 0 Å². The molecule has 3 aromatic heterocycles. The fourth-order valence-corrected chi connectivity index (χ4v) is 2.54. The summed E-state index contributed by atoms with van der Waals surface area (Å²) in [5.74, 6) is 2.30. The second-order valence-electron chi connectivity index (χ2n) is 4.99. The van der Waals surface area contributed by atoms with Crippen LogP contribution in [0.15, 0.2) is 22.7 Å². The fraction of sp³-hybridized carbons (Fsp3) is 0.357. The molecule has 1 saturated heterocycles. The van der Waals surface area contributed by atoms with Gasteiger partial charge in [0.05, 0.1) is 13.2 Å². The van der Waals surface area contributed by atoms with Crippen molar-refractivity contribution in [2.45, 2.75) is 6.92 Å². The third-order valence-electron chi connectivity index (χ3n) is 3.54. The van der Waals surface area contributed by atoms with Gasteiger partial charge in [-0.25, -0.2) is 9.97 Å². The normalized spacial score (nSPS) is 15.8. The summed E-state index contributed by atoms with van der Waals surface area (Å²) >= 11 is 0. The van der Waals surface area contributed by atoms with Gasteiger partial charge in [-0.3, -0.25) is 5.10 Å². The molecule has 4 heterocycles. The zero-order valence-electron chi connectivity index (χ0n) is 11.7. The molecule has 7 nitrogen and oxygen atoms in total. The van der Waals surface area contributed by atoms with Gasteiger partial charge in [0.25, 0.3) is 0 Å². The van der Waals surface area contributed by atoms with Gasteiger partial charge in [-0.05, 0) is 13.0 Å². The molecule has 0 saturated carbocycles. The van der Waals surface area contributed by atoms with Gasteiger partial charge in [0.15, 0.2) is 17.2 Å². The first kappa shape index (κ1) is 12.3. The van der Waals surface area contributed by atoms with E-state index in [1.54, 1.807) is 6.20 Å². The number of furan rings is 1. The molecule has 0 unspecified atom stereocenters. The Kier molecular flexibility index (Phi) is 2.85. The van der Waals surface area contributed by atoms with Crippen LogP contribution < -0.4 is 4.90 Å². The van der Waals surface area contributed by atoms with E-state index in [2.05, 4.69) is 25.1 Å². The lowest BCUT2D eigenvalue weighted by Crippen LogP contribution is -2.37. The predicted octanol–water partition coefficient (Wildman–Crippen LogP) is 1.76. The molecule has 0 bridgehead atoms. The highest BCUT2D eigenvalue weighted by Crippen LogP contribution is 2.31. The Labute approximate surface area is 120 Å². The van der Waals surface area contributed by atoms with Crippen molar-refractivity contribution in [3.63, 3.8) is 0 Å². The quantitative estimate of drug-likeness (QED) is 0.772. The summed E-state index contributed by atoms with van der Waals surface area (Å²) in [7, 11) is 0. The molecule has 1 N–H and O–H groups in total. The van der Waals surface area contributed by atoms with Crippen molar-refractivity contribution in [3.05, 3.63) is 24.2 Å². The van der Waals surface area contributed by atoms with Crippen LogP contribution in [0.25, 0.3) is 22.6 Å². The number of nitrogens with zero attached hydrogens (tertiary/aromatic N) is 4. The van der Waals surface area contributed by atoms with Crippen LogP contribution in [-0.4, -0.2) is 46.5 Å². The van der Waals surface area contributed by atoms with Gasteiger partial charge in [0.2, 0.25) is 0 Å². The van der Waals surface area contributed by atoms with Crippen molar-refractivity contribution in [2.24, 2.45) is 0 Å². The number of ether oxygens (including phenoxy) is 1. The SMILES string of the molecule is Cc1nc(N2CCOCC2)c2oc(-c3ccn[nH]3)cc2n1. The number of aryl methyl sites for hydroxylation is 1. The van der Waals surface area contributed by atoms with Crippen molar-refractivity contribution >= 4 is 16.9 Å². The highest BCUT2D eigenvalue weighted by Gasteiger charge is 2.20. The molecular weight excluding hydrogens is 270 g/mol. The standard InChI is InChI=1S/C14H15N5O2/c1-9-16-11-8-12(10-2-3-15-18-10)21-13(11)14(17-9)19-4-6-20-7-5-19/h2-3,8H,4-7H2,1H3,(H,15,18). The summed E-state index contributed by atoms with van der Waals surface area (Å²) in [4.78, 5) is 11.2. The van der Waals surface area contributed by atoms with E-state index in [9.17, 15) is 0 Å². The highest BCUT2D eigenvalue weighted by atomic mass is 16.5. The molecule has 0 spiro atoms. The Balaban J connectivity index is 1.85. The Morgan fingerprint density at radius 1 is 1.24 bits per heavy atom. The molecule has 1 aliphatic heterocycles. The third kappa shape index (κ3) is 2.15. The second-order valence-corrected chi connectivity index (χ2v) is 4.99. The van der Waals surface area contributed by atoms with Gasteiger partial charge >= 0.3 is 0 Å². The summed E-state index contributed by atoms with van der Waals surface area (Å²) in [6.45, 7) is 4.93. The van der Waals surface area contributed by atoms with Crippen LogP contribution in [0.2, 0.25) is 0 Å². The maximum Gasteiger partial charge on any atom is 0.195 e. The topological polar surface area (TPSA) is 80.1 Å². The van der Waals surface area contributed by atoms with Crippen molar-refractivity contribution in [1.82, 2.24) is 20.2 Å². The Morgan fingerprint density at radius 3 is 2.86 bits per heavy atom. The van der Waals surface area contributed by atoms with Crippen LogP contribution in [0.5, 0.6) is 0 Å². The molecule has 1 fully saturated rings. The van der Waals surface area contributed by atoms with Crippen LogP contribution in [0.4, 0.5) is 5.82 Å². The molecule has 1 aliphatic rings. The largest absolute Gasteiger partial charge is 0.449 e. The number of anilines is 1. The zero-order valence-corrected chi connectivity index (χ0v) is 11.7. The number of aromatic nitrogens is 4. The minimum Gasteiger partial charge on any atom is -0.449 e. The predicted molar refractivity (Wildman–Crippen MR) is 77.2 cm³/mol. The maximum atomic E-state index is 5.97. The number of H-pyrrole nitrogens is 1. The third-order valence-corrected chi connectivity index (χ3v) is 3.54. The molecule has 0 atom stereocenters. The lowest BCUT2D eigenvalue weighted by molar-refractivity contribution is 0.122. The van der Waals surface area contributed by atoms with E-state index < -0.39 is 0 Å². The van der Waals surface area contributed by atoms with E-state index in [4.69, 9.17) is 9.15 Å². The van der Waals surface area contributed by atoms with E-state index in [0.717, 1.165) is 41.7 Å². The molecular formula is C14H15N5O2. The Bertz CT molecular complexity index is 759. The smallest absolute Gasteiger partial charge is 0.195 e. The minimum atomic E-state index is 0.707. The van der Waals surface area contributed by atoms with Crippen molar-refractivity contribution in [1.29, 1.82) is 0 Å². The number of aromatic amines is 1.